The predicted molar refractivity (Wildman–Crippen MR) is 73.6 cm³/mol. The summed E-state index contributed by atoms with van der Waals surface area (Å²) in [7, 11) is 0. The Morgan fingerprint density at radius 1 is 1.29 bits per heavy atom. The summed E-state index contributed by atoms with van der Waals surface area (Å²) in [5.74, 6) is -0.0883. The summed E-state index contributed by atoms with van der Waals surface area (Å²) in [6, 6.07) is 5.02. The lowest BCUT2D eigenvalue weighted by atomic mass is 9.98. The van der Waals surface area contributed by atoms with Crippen LogP contribution in [0, 0.1) is 3.57 Å². The van der Waals surface area contributed by atoms with E-state index in [9.17, 15) is 4.79 Å². The average molecular weight is 346 g/mol. The van der Waals surface area contributed by atoms with E-state index in [-0.39, 0.29) is 0 Å². The number of hydrogen-bond donors (Lipinski definition) is 1. The second-order valence-electron chi connectivity index (χ2n) is 4.33. The highest BCUT2D eigenvalue weighted by atomic mass is 127. The Morgan fingerprint density at radius 2 is 2.00 bits per heavy atom. The molecule has 0 spiro atoms. The first-order chi connectivity index (χ1) is 8.16. The molecule has 0 bridgehead atoms. The molecule has 1 N–H and O–H groups in total. The number of rotatable bonds is 3. The molecular weight excluding hydrogens is 331 g/mol. The maximum atomic E-state index is 10.8. The van der Waals surface area contributed by atoms with Gasteiger partial charge in [-0.15, -0.1) is 0 Å². The lowest BCUT2D eigenvalue weighted by Crippen LogP contribution is -2.20. The van der Waals surface area contributed by atoms with Crippen molar-refractivity contribution in [2.45, 2.75) is 38.2 Å². The van der Waals surface area contributed by atoms with Gasteiger partial charge in [0.1, 0.15) is 5.75 Å². The molecule has 92 valence electrons. The number of halogens is 1. The maximum Gasteiger partial charge on any atom is 0.335 e. The number of carboxylic acid groups (broad SMARTS) is 1. The van der Waals surface area contributed by atoms with Crippen LogP contribution >= 0.6 is 22.6 Å². The minimum Gasteiger partial charge on any atom is -0.489 e. The number of hydrogen-bond acceptors (Lipinski definition) is 2. The predicted octanol–water partition coefficient (Wildman–Crippen LogP) is 3.70. The molecule has 17 heavy (non-hydrogen) atoms. The number of carbonyl (C=O) groups is 1. The van der Waals surface area contributed by atoms with Crippen LogP contribution in [-0.4, -0.2) is 17.2 Å². The van der Waals surface area contributed by atoms with Crippen molar-refractivity contribution in [2.75, 3.05) is 0 Å². The van der Waals surface area contributed by atoms with Crippen molar-refractivity contribution >= 4 is 28.6 Å². The van der Waals surface area contributed by atoms with Gasteiger partial charge in [-0.3, -0.25) is 0 Å². The summed E-state index contributed by atoms with van der Waals surface area (Å²) < 4.78 is 6.79. The first-order valence-electron chi connectivity index (χ1n) is 5.86. The van der Waals surface area contributed by atoms with Crippen LogP contribution in [0.15, 0.2) is 18.2 Å². The van der Waals surface area contributed by atoms with Crippen LogP contribution in [0.3, 0.4) is 0 Å². The van der Waals surface area contributed by atoms with E-state index in [2.05, 4.69) is 22.6 Å². The Hall–Kier alpha value is -0.780. The molecule has 1 aliphatic rings. The molecule has 0 radical (unpaired) electrons. The van der Waals surface area contributed by atoms with Gasteiger partial charge in [0.25, 0.3) is 0 Å². The van der Waals surface area contributed by atoms with E-state index in [1.54, 1.807) is 18.2 Å². The molecule has 0 aliphatic heterocycles. The van der Waals surface area contributed by atoms with Gasteiger partial charge < -0.3 is 9.84 Å². The second kappa shape index (κ2) is 5.71. The lowest BCUT2D eigenvalue weighted by Gasteiger charge is -2.23. The molecule has 0 amide bonds. The van der Waals surface area contributed by atoms with Crippen molar-refractivity contribution in [3.05, 3.63) is 27.3 Å². The topological polar surface area (TPSA) is 46.5 Å². The summed E-state index contributed by atoms with van der Waals surface area (Å²) in [4.78, 5) is 10.8. The fourth-order valence-corrected chi connectivity index (χ4v) is 2.73. The summed E-state index contributed by atoms with van der Waals surface area (Å²) >= 11 is 2.13. The smallest absolute Gasteiger partial charge is 0.335 e. The van der Waals surface area contributed by atoms with Crippen molar-refractivity contribution in [1.29, 1.82) is 0 Å². The van der Waals surface area contributed by atoms with E-state index < -0.39 is 5.97 Å². The number of benzene rings is 1. The standard InChI is InChI=1S/C13H15IO3/c14-11-8-9(13(15)16)6-7-12(11)17-10-4-2-1-3-5-10/h6-8,10H,1-5H2,(H,15,16). The Bertz CT molecular complexity index is 411. The minimum atomic E-state index is -0.896. The van der Waals surface area contributed by atoms with Gasteiger partial charge in [-0.1, -0.05) is 6.42 Å². The van der Waals surface area contributed by atoms with E-state index in [4.69, 9.17) is 9.84 Å². The highest BCUT2D eigenvalue weighted by molar-refractivity contribution is 14.1. The van der Waals surface area contributed by atoms with Crippen LogP contribution in [0.1, 0.15) is 42.5 Å². The molecule has 1 fully saturated rings. The van der Waals surface area contributed by atoms with Crippen LogP contribution in [-0.2, 0) is 0 Å². The third kappa shape index (κ3) is 3.34. The third-order valence-corrected chi connectivity index (χ3v) is 3.87. The monoisotopic (exact) mass is 346 g/mol. The zero-order valence-electron chi connectivity index (χ0n) is 9.49. The second-order valence-corrected chi connectivity index (χ2v) is 5.49. The number of carboxylic acids is 1. The number of aromatic carboxylic acids is 1. The summed E-state index contributed by atoms with van der Waals surface area (Å²) in [6.07, 6.45) is 6.28. The molecule has 0 atom stereocenters. The first-order valence-corrected chi connectivity index (χ1v) is 6.94. The zero-order valence-corrected chi connectivity index (χ0v) is 11.6. The average Bonchev–Trinajstić information content (AvgIpc) is 2.33. The quantitative estimate of drug-likeness (QED) is 0.849. The van der Waals surface area contributed by atoms with Crippen molar-refractivity contribution in [1.82, 2.24) is 0 Å². The van der Waals surface area contributed by atoms with Crippen LogP contribution in [0.4, 0.5) is 0 Å². The minimum absolute atomic E-state index is 0.299. The molecule has 0 heterocycles. The van der Waals surface area contributed by atoms with Crippen LogP contribution in [0.25, 0.3) is 0 Å². The van der Waals surface area contributed by atoms with Crippen LogP contribution in [0.2, 0.25) is 0 Å². The zero-order chi connectivity index (χ0) is 12.3. The van der Waals surface area contributed by atoms with Crippen molar-refractivity contribution in [3.8, 4) is 5.75 Å². The van der Waals surface area contributed by atoms with Crippen LogP contribution < -0.4 is 4.74 Å². The van der Waals surface area contributed by atoms with Gasteiger partial charge in [-0.2, -0.15) is 0 Å². The highest BCUT2D eigenvalue weighted by Crippen LogP contribution is 2.27. The molecule has 1 saturated carbocycles. The molecule has 3 nitrogen and oxygen atoms in total. The Kier molecular flexibility index (Phi) is 4.25. The fourth-order valence-electron chi connectivity index (χ4n) is 2.09. The summed E-state index contributed by atoms with van der Waals surface area (Å²) in [5.41, 5.74) is 0.311. The van der Waals surface area contributed by atoms with E-state index in [0.29, 0.717) is 11.7 Å². The summed E-state index contributed by atoms with van der Waals surface area (Å²) in [6.45, 7) is 0. The van der Waals surface area contributed by atoms with Gasteiger partial charge in [-0.05, 0) is 66.5 Å². The largest absolute Gasteiger partial charge is 0.489 e. The molecule has 1 aliphatic carbocycles. The molecule has 1 aromatic rings. The first kappa shape index (κ1) is 12.7. The van der Waals surface area contributed by atoms with Crippen LogP contribution in [0.5, 0.6) is 5.75 Å². The Labute approximate surface area is 114 Å². The van der Waals surface area contributed by atoms with E-state index in [1.165, 1.54) is 19.3 Å². The SMILES string of the molecule is O=C(O)c1ccc(OC2CCCCC2)c(I)c1. The normalized spacial score (nSPS) is 16.8. The summed E-state index contributed by atoms with van der Waals surface area (Å²) in [5, 5.41) is 8.88. The van der Waals surface area contributed by atoms with Gasteiger partial charge in [0.15, 0.2) is 0 Å². The van der Waals surface area contributed by atoms with E-state index in [0.717, 1.165) is 22.2 Å². The van der Waals surface area contributed by atoms with Gasteiger partial charge in [0.2, 0.25) is 0 Å². The van der Waals surface area contributed by atoms with Crippen molar-refractivity contribution < 1.29 is 14.6 Å². The highest BCUT2D eigenvalue weighted by Gasteiger charge is 2.16. The van der Waals surface area contributed by atoms with E-state index >= 15 is 0 Å². The molecule has 1 aromatic carbocycles. The van der Waals surface area contributed by atoms with Gasteiger partial charge in [0.05, 0.1) is 15.2 Å². The third-order valence-electron chi connectivity index (χ3n) is 3.02. The van der Waals surface area contributed by atoms with Gasteiger partial charge in [-0.25, -0.2) is 4.79 Å². The van der Waals surface area contributed by atoms with Gasteiger partial charge in [0, 0.05) is 0 Å². The molecule has 0 aromatic heterocycles. The maximum absolute atomic E-state index is 10.8. The molecule has 4 heteroatoms. The van der Waals surface area contributed by atoms with E-state index in [1.807, 2.05) is 0 Å². The Morgan fingerprint density at radius 3 is 2.59 bits per heavy atom. The van der Waals surface area contributed by atoms with Crippen molar-refractivity contribution in [2.24, 2.45) is 0 Å². The fraction of sp³-hybridized carbons (Fsp3) is 0.462. The molecular formula is C13H15IO3. The Balaban J connectivity index is 2.08. The lowest BCUT2D eigenvalue weighted by molar-refractivity contribution is 0.0696. The van der Waals surface area contributed by atoms with Gasteiger partial charge >= 0.3 is 5.97 Å². The molecule has 2 rings (SSSR count). The van der Waals surface area contributed by atoms with Crippen molar-refractivity contribution in [3.63, 3.8) is 0 Å². The molecule has 0 unspecified atom stereocenters. The number of ether oxygens (including phenoxy) is 1. The molecule has 0 saturated heterocycles.